The fraction of sp³-hybridized carbons (Fsp3) is 0.286. The third kappa shape index (κ3) is 5.19. The number of nitrogens with zero attached hydrogens (tertiary/aromatic N) is 4. The van der Waals surface area contributed by atoms with Crippen LogP contribution in [0.5, 0.6) is 0 Å². The summed E-state index contributed by atoms with van der Waals surface area (Å²) in [7, 11) is -3.25. The molecular weight excluding hydrogens is 480 g/mol. The molecule has 0 unspecified atom stereocenters. The van der Waals surface area contributed by atoms with Crippen LogP contribution in [0.2, 0.25) is 0 Å². The van der Waals surface area contributed by atoms with Crippen LogP contribution in [0, 0.1) is 11.6 Å². The van der Waals surface area contributed by atoms with Gasteiger partial charge in [0.1, 0.15) is 11.6 Å². The van der Waals surface area contributed by atoms with Crippen molar-refractivity contribution in [1.82, 2.24) is 15.1 Å². The molecule has 4 rings (SSSR count). The fourth-order valence-corrected chi connectivity index (χ4v) is 4.61. The lowest BCUT2D eigenvalue weighted by molar-refractivity contribution is 0.116. The van der Waals surface area contributed by atoms with Crippen molar-refractivity contribution in [1.29, 1.82) is 0 Å². The highest BCUT2D eigenvalue weighted by atomic mass is 32.2. The van der Waals surface area contributed by atoms with Crippen molar-refractivity contribution >= 4 is 21.6 Å². The summed E-state index contributed by atoms with van der Waals surface area (Å²) in [4.78, 5) is 15.6. The van der Waals surface area contributed by atoms with Gasteiger partial charge in [-0.3, -0.25) is 4.90 Å². The number of urea groups is 1. The highest BCUT2D eigenvalue weighted by molar-refractivity contribution is 7.91. The van der Waals surface area contributed by atoms with E-state index in [1.54, 1.807) is 0 Å². The van der Waals surface area contributed by atoms with E-state index in [9.17, 15) is 30.8 Å². The van der Waals surface area contributed by atoms with Crippen LogP contribution in [0.4, 0.5) is 28.0 Å². The van der Waals surface area contributed by atoms with Crippen molar-refractivity contribution in [2.24, 2.45) is 0 Å². The molecule has 1 aliphatic heterocycles. The van der Waals surface area contributed by atoms with Crippen LogP contribution >= 0.6 is 0 Å². The van der Waals surface area contributed by atoms with Crippen LogP contribution < -0.4 is 4.90 Å². The third-order valence-corrected chi connectivity index (χ3v) is 6.83. The number of aromatic nitrogens is 2. The standard InChI is InChI=1S/C21H18F4N4O4S/c22-15-2-1-3-16(11-15)29(21(30)28-6-8-34(31,32)9-7-28)12-14-5-4-13(10-17(14)23)19-26-27-20(33-19)18(24)25/h1-5,10-11,18H,6-9,12H2. The number of carbonyl (C=O) groups is 1. The Bertz CT molecular complexity index is 1300. The van der Waals surface area contributed by atoms with Crippen LogP contribution in [0.3, 0.4) is 0 Å². The summed E-state index contributed by atoms with van der Waals surface area (Å²) in [6.07, 6.45) is -2.97. The summed E-state index contributed by atoms with van der Waals surface area (Å²) < 4.78 is 82.4. The molecule has 0 spiro atoms. The molecule has 2 aromatic carbocycles. The smallest absolute Gasteiger partial charge is 0.324 e. The predicted molar refractivity (Wildman–Crippen MR) is 113 cm³/mol. The maximum atomic E-state index is 14.9. The van der Waals surface area contributed by atoms with Gasteiger partial charge in [-0.15, -0.1) is 10.2 Å². The van der Waals surface area contributed by atoms with Crippen LogP contribution in [0.1, 0.15) is 17.9 Å². The zero-order valence-electron chi connectivity index (χ0n) is 17.5. The molecule has 0 bridgehead atoms. The van der Waals surface area contributed by atoms with Gasteiger partial charge in [0.25, 0.3) is 5.89 Å². The highest BCUT2D eigenvalue weighted by Crippen LogP contribution is 2.27. The molecule has 0 atom stereocenters. The minimum Gasteiger partial charge on any atom is -0.415 e. The maximum absolute atomic E-state index is 14.9. The lowest BCUT2D eigenvalue weighted by Crippen LogP contribution is -2.49. The summed E-state index contributed by atoms with van der Waals surface area (Å²) in [5.41, 5.74) is 0.255. The molecule has 2 amide bonds. The number of anilines is 1. The van der Waals surface area contributed by atoms with Crippen molar-refractivity contribution < 1.29 is 35.2 Å². The normalized spacial score (nSPS) is 15.5. The second kappa shape index (κ2) is 9.41. The van der Waals surface area contributed by atoms with E-state index in [2.05, 4.69) is 10.2 Å². The van der Waals surface area contributed by atoms with Crippen LogP contribution in [0.15, 0.2) is 46.9 Å². The van der Waals surface area contributed by atoms with Gasteiger partial charge >= 0.3 is 12.5 Å². The predicted octanol–water partition coefficient (Wildman–Crippen LogP) is 3.81. The molecule has 0 radical (unpaired) electrons. The van der Waals surface area contributed by atoms with Gasteiger partial charge < -0.3 is 9.32 Å². The van der Waals surface area contributed by atoms with Gasteiger partial charge in [0.05, 0.1) is 18.1 Å². The molecule has 1 saturated heterocycles. The lowest BCUT2D eigenvalue weighted by Gasteiger charge is -2.33. The molecule has 0 aliphatic carbocycles. The first-order valence-electron chi connectivity index (χ1n) is 10.1. The first kappa shape index (κ1) is 23.7. The first-order chi connectivity index (χ1) is 16.1. The van der Waals surface area contributed by atoms with Gasteiger partial charge in [0.2, 0.25) is 5.89 Å². The van der Waals surface area contributed by atoms with E-state index in [4.69, 9.17) is 4.42 Å². The topological polar surface area (TPSA) is 96.6 Å². The Kier molecular flexibility index (Phi) is 6.55. The Hall–Kier alpha value is -3.48. The van der Waals surface area contributed by atoms with Gasteiger partial charge in [-0.1, -0.05) is 12.1 Å². The first-order valence-corrected chi connectivity index (χ1v) is 11.9. The van der Waals surface area contributed by atoms with E-state index >= 15 is 0 Å². The molecule has 1 aromatic heterocycles. The molecule has 13 heteroatoms. The number of halogens is 4. The number of alkyl halides is 2. The fourth-order valence-electron chi connectivity index (χ4n) is 3.41. The van der Waals surface area contributed by atoms with Crippen molar-refractivity contribution in [3.8, 4) is 11.5 Å². The number of carbonyl (C=O) groups excluding carboxylic acids is 1. The summed E-state index contributed by atoms with van der Waals surface area (Å²) in [5, 5.41) is 6.67. The van der Waals surface area contributed by atoms with Crippen molar-refractivity contribution in [2.45, 2.75) is 13.0 Å². The van der Waals surface area contributed by atoms with Gasteiger partial charge in [0.15, 0.2) is 9.84 Å². The third-order valence-electron chi connectivity index (χ3n) is 5.22. The average Bonchev–Trinajstić information content (AvgIpc) is 3.29. The van der Waals surface area contributed by atoms with Gasteiger partial charge in [-0.2, -0.15) is 8.78 Å². The van der Waals surface area contributed by atoms with E-state index in [0.717, 1.165) is 17.0 Å². The Morgan fingerprint density at radius 1 is 1.09 bits per heavy atom. The zero-order valence-corrected chi connectivity index (χ0v) is 18.3. The minimum absolute atomic E-state index is 0.0413. The van der Waals surface area contributed by atoms with E-state index in [1.807, 2.05) is 0 Å². The molecule has 1 fully saturated rings. The minimum atomic E-state index is -3.25. The number of benzene rings is 2. The van der Waals surface area contributed by atoms with Gasteiger partial charge in [-0.05, 0) is 30.3 Å². The summed E-state index contributed by atoms with van der Waals surface area (Å²) in [5.74, 6) is -3.00. The number of hydrogen-bond acceptors (Lipinski definition) is 6. The Balaban J connectivity index is 1.61. The molecule has 180 valence electrons. The largest absolute Gasteiger partial charge is 0.415 e. The number of sulfone groups is 1. The maximum Gasteiger partial charge on any atom is 0.324 e. The average molecular weight is 498 g/mol. The summed E-state index contributed by atoms with van der Waals surface area (Å²) in [6, 6.07) is 8.23. The number of amides is 2. The Labute approximate surface area is 191 Å². The Morgan fingerprint density at radius 2 is 1.82 bits per heavy atom. The molecule has 0 saturated carbocycles. The van der Waals surface area contributed by atoms with E-state index in [-0.39, 0.29) is 53.8 Å². The lowest BCUT2D eigenvalue weighted by atomic mass is 10.1. The molecule has 34 heavy (non-hydrogen) atoms. The quantitative estimate of drug-likeness (QED) is 0.497. The van der Waals surface area contributed by atoms with Crippen molar-refractivity contribution in [3.63, 3.8) is 0 Å². The SMILES string of the molecule is O=C(N1CCS(=O)(=O)CC1)N(Cc1ccc(-c2nnc(C(F)F)o2)cc1F)c1cccc(F)c1. The monoisotopic (exact) mass is 498 g/mol. The number of hydrogen-bond donors (Lipinski definition) is 0. The van der Waals surface area contributed by atoms with E-state index < -0.39 is 39.8 Å². The summed E-state index contributed by atoms with van der Waals surface area (Å²) in [6.45, 7) is -0.389. The molecule has 1 aliphatic rings. The highest BCUT2D eigenvalue weighted by Gasteiger charge is 2.30. The van der Waals surface area contributed by atoms with Crippen LogP contribution in [-0.4, -0.2) is 54.1 Å². The van der Waals surface area contributed by atoms with Crippen molar-refractivity contribution in [3.05, 3.63) is 65.6 Å². The van der Waals surface area contributed by atoms with Gasteiger partial charge in [-0.25, -0.2) is 22.0 Å². The van der Waals surface area contributed by atoms with Crippen LogP contribution in [-0.2, 0) is 16.4 Å². The second-order valence-electron chi connectivity index (χ2n) is 7.54. The second-order valence-corrected chi connectivity index (χ2v) is 9.84. The number of rotatable bonds is 5. The molecule has 3 aromatic rings. The van der Waals surface area contributed by atoms with E-state index in [1.165, 1.54) is 35.2 Å². The molecule has 2 heterocycles. The molecule has 0 N–H and O–H groups in total. The zero-order chi connectivity index (χ0) is 24.5. The molecule has 8 nitrogen and oxygen atoms in total. The van der Waals surface area contributed by atoms with Crippen molar-refractivity contribution in [2.75, 3.05) is 29.5 Å². The van der Waals surface area contributed by atoms with Crippen LogP contribution in [0.25, 0.3) is 11.5 Å². The Morgan fingerprint density at radius 3 is 2.44 bits per heavy atom. The molecular formula is C21H18F4N4O4S. The van der Waals surface area contributed by atoms with Gasteiger partial charge in [0, 0.05) is 29.9 Å². The van der Waals surface area contributed by atoms with E-state index in [0.29, 0.717) is 0 Å². The summed E-state index contributed by atoms with van der Waals surface area (Å²) >= 11 is 0.